The standard InChI is InChI=1S/C18H12N2O/c1-2-6-12-11(5-1)17-14(19-12)9-10-16-18(17)20-13-7-3-4-8-15(13)21-16/h1-6,8-10,17H,7H2. The molecule has 3 nitrogen and oxygen atoms in total. The second-order valence-electron chi connectivity index (χ2n) is 5.44. The van der Waals surface area contributed by atoms with E-state index in [2.05, 4.69) is 24.3 Å². The van der Waals surface area contributed by atoms with Crippen LogP contribution in [-0.2, 0) is 4.74 Å². The molecule has 1 aromatic carbocycles. The summed E-state index contributed by atoms with van der Waals surface area (Å²) in [6.07, 6.45) is 11.0. The Bertz CT molecular complexity index is 850. The minimum absolute atomic E-state index is 0.112. The molecule has 100 valence electrons. The largest absolute Gasteiger partial charge is 0.453 e. The Morgan fingerprint density at radius 2 is 2.05 bits per heavy atom. The highest BCUT2D eigenvalue weighted by atomic mass is 16.5. The van der Waals surface area contributed by atoms with Gasteiger partial charge >= 0.3 is 0 Å². The Morgan fingerprint density at radius 1 is 1.10 bits per heavy atom. The molecule has 21 heavy (non-hydrogen) atoms. The van der Waals surface area contributed by atoms with Gasteiger partial charge in [-0.05, 0) is 29.9 Å². The van der Waals surface area contributed by atoms with Gasteiger partial charge in [-0.15, -0.1) is 0 Å². The molecule has 2 aliphatic heterocycles. The van der Waals surface area contributed by atoms with Crippen LogP contribution in [0.3, 0.4) is 0 Å². The maximum absolute atomic E-state index is 6.03. The van der Waals surface area contributed by atoms with Crippen LogP contribution >= 0.6 is 0 Å². The van der Waals surface area contributed by atoms with Crippen molar-refractivity contribution in [3.63, 3.8) is 0 Å². The maximum atomic E-state index is 6.03. The fraction of sp³-hybridized carbons (Fsp3) is 0.111. The molecular formula is C18H12N2O. The number of allylic oxidation sites excluding steroid dienone is 7. The number of benzene rings is 1. The Kier molecular flexibility index (Phi) is 2.06. The van der Waals surface area contributed by atoms with Crippen LogP contribution in [0.15, 0.2) is 81.8 Å². The van der Waals surface area contributed by atoms with Gasteiger partial charge in [0.2, 0.25) is 0 Å². The predicted molar refractivity (Wildman–Crippen MR) is 82.8 cm³/mol. The molecule has 1 atom stereocenters. The molecule has 4 aliphatic rings. The highest BCUT2D eigenvalue weighted by molar-refractivity contribution is 6.10. The lowest BCUT2D eigenvalue weighted by atomic mass is 9.88. The summed E-state index contributed by atoms with van der Waals surface area (Å²) in [5.74, 6) is 1.83. The summed E-state index contributed by atoms with van der Waals surface area (Å²) in [6.45, 7) is 0. The lowest BCUT2D eigenvalue weighted by Gasteiger charge is -2.27. The number of hydrogen-bond acceptors (Lipinski definition) is 3. The van der Waals surface area contributed by atoms with E-state index < -0.39 is 0 Å². The van der Waals surface area contributed by atoms with Gasteiger partial charge in [0.05, 0.1) is 28.7 Å². The molecule has 2 heterocycles. The molecule has 0 bridgehead atoms. The summed E-state index contributed by atoms with van der Waals surface area (Å²) < 4.78 is 6.03. The molecule has 1 aromatic rings. The van der Waals surface area contributed by atoms with Crippen LogP contribution in [0.4, 0.5) is 5.69 Å². The first kappa shape index (κ1) is 11.0. The van der Waals surface area contributed by atoms with E-state index in [1.165, 1.54) is 5.56 Å². The molecule has 2 aliphatic carbocycles. The van der Waals surface area contributed by atoms with Crippen molar-refractivity contribution in [3.05, 3.63) is 77.4 Å². The number of rotatable bonds is 0. The highest BCUT2D eigenvalue weighted by Crippen LogP contribution is 2.45. The lowest BCUT2D eigenvalue weighted by Crippen LogP contribution is -2.21. The summed E-state index contributed by atoms with van der Waals surface area (Å²) in [5.41, 5.74) is 5.32. The van der Waals surface area contributed by atoms with E-state index in [1.54, 1.807) is 0 Å². The van der Waals surface area contributed by atoms with Crippen molar-refractivity contribution in [1.29, 1.82) is 0 Å². The lowest BCUT2D eigenvalue weighted by molar-refractivity contribution is 0.329. The zero-order chi connectivity index (χ0) is 13.8. The van der Waals surface area contributed by atoms with Crippen molar-refractivity contribution in [2.75, 3.05) is 0 Å². The van der Waals surface area contributed by atoms with E-state index >= 15 is 0 Å². The summed E-state index contributed by atoms with van der Waals surface area (Å²) in [6, 6.07) is 8.27. The van der Waals surface area contributed by atoms with Crippen molar-refractivity contribution >= 4 is 17.1 Å². The fourth-order valence-electron chi connectivity index (χ4n) is 3.20. The van der Waals surface area contributed by atoms with E-state index in [4.69, 9.17) is 14.7 Å². The molecule has 0 fully saturated rings. The topological polar surface area (TPSA) is 34.0 Å². The van der Waals surface area contributed by atoms with Gasteiger partial charge in [-0.2, -0.15) is 0 Å². The van der Waals surface area contributed by atoms with Crippen molar-refractivity contribution in [2.24, 2.45) is 9.98 Å². The van der Waals surface area contributed by atoms with Gasteiger partial charge in [0, 0.05) is 6.42 Å². The van der Waals surface area contributed by atoms with E-state index in [-0.39, 0.29) is 5.92 Å². The summed E-state index contributed by atoms with van der Waals surface area (Å²) in [4.78, 5) is 9.60. The summed E-state index contributed by atoms with van der Waals surface area (Å²) in [7, 11) is 0. The van der Waals surface area contributed by atoms with Crippen LogP contribution in [0.25, 0.3) is 0 Å². The van der Waals surface area contributed by atoms with E-state index in [9.17, 15) is 0 Å². The molecule has 1 unspecified atom stereocenters. The zero-order valence-electron chi connectivity index (χ0n) is 11.3. The van der Waals surface area contributed by atoms with E-state index in [0.717, 1.165) is 40.7 Å². The molecule has 0 aromatic heterocycles. The van der Waals surface area contributed by atoms with E-state index in [1.807, 2.05) is 30.4 Å². The predicted octanol–water partition coefficient (Wildman–Crippen LogP) is 3.95. The van der Waals surface area contributed by atoms with Crippen LogP contribution in [0.1, 0.15) is 17.9 Å². The second-order valence-corrected chi connectivity index (χ2v) is 5.44. The molecule has 5 rings (SSSR count). The maximum Gasteiger partial charge on any atom is 0.150 e. The monoisotopic (exact) mass is 272 g/mol. The van der Waals surface area contributed by atoms with Gasteiger partial charge < -0.3 is 4.74 Å². The Balaban J connectivity index is 1.69. The SMILES string of the molecule is C1=CCC2=NC3=C(C=CC4=Nc5ccccc5C43)OC2=C1. The van der Waals surface area contributed by atoms with Gasteiger partial charge in [0.25, 0.3) is 0 Å². The van der Waals surface area contributed by atoms with Crippen LogP contribution in [0.5, 0.6) is 0 Å². The molecule has 0 saturated carbocycles. The summed E-state index contributed by atoms with van der Waals surface area (Å²) in [5, 5.41) is 0. The van der Waals surface area contributed by atoms with Gasteiger partial charge in [-0.1, -0.05) is 30.4 Å². The van der Waals surface area contributed by atoms with Crippen LogP contribution < -0.4 is 0 Å². The minimum atomic E-state index is 0.112. The minimum Gasteiger partial charge on any atom is -0.453 e. The number of hydrogen-bond donors (Lipinski definition) is 0. The third kappa shape index (κ3) is 1.49. The molecule has 0 amide bonds. The van der Waals surface area contributed by atoms with Gasteiger partial charge in [0.1, 0.15) is 11.5 Å². The Hall–Kier alpha value is -2.68. The molecule has 3 heteroatoms. The molecule has 0 N–H and O–H groups in total. The fourth-order valence-corrected chi connectivity index (χ4v) is 3.20. The summed E-state index contributed by atoms with van der Waals surface area (Å²) >= 11 is 0. The van der Waals surface area contributed by atoms with Crippen molar-refractivity contribution in [2.45, 2.75) is 12.3 Å². The smallest absolute Gasteiger partial charge is 0.150 e. The van der Waals surface area contributed by atoms with Gasteiger partial charge in [-0.3, -0.25) is 4.99 Å². The van der Waals surface area contributed by atoms with Crippen LogP contribution in [0.2, 0.25) is 0 Å². The molecule has 0 radical (unpaired) electrons. The van der Waals surface area contributed by atoms with Gasteiger partial charge in [0.15, 0.2) is 0 Å². The number of aliphatic imine (C=N–C) groups is 2. The Labute approximate surface area is 122 Å². The molecule has 0 spiro atoms. The number of para-hydroxylation sites is 1. The number of fused-ring (bicyclic) bond motifs is 5. The number of nitrogens with zero attached hydrogens (tertiary/aromatic N) is 2. The normalized spacial score (nSPS) is 24.2. The average molecular weight is 272 g/mol. The Morgan fingerprint density at radius 3 is 3.05 bits per heavy atom. The van der Waals surface area contributed by atoms with Crippen molar-refractivity contribution in [1.82, 2.24) is 0 Å². The second kappa shape index (κ2) is 3.92. The first-order valence-electron chi connectivity index (χ1n) is 7.12. The first-order valence-corrected chi connectivity index (χ1v) is 7.12. The van der Waals surface area contributed by atoms with Gasteiger partial charge in [-0.25, -0.2) is 4.99 Å². The molecule has 0 saturated heterocycles. The third-order valence-corrected chi connectivity index (χ3v) is 4.18. The van der Waals surface area contributed by atoms with Crippen molar-refractivity contribution in [3.8, 4) is 0 Å². The quantitative estimate of drug-likeness (QED) is 0.704. The van der Waals surface area contributed by atoms with Crippen molar-refractivity contribution < 1.29 is 4.74 Å². The van der Waals surface area contributed by atoms with E-state index in [0.29, 0.717) is 0 Å². The van der Waals surface area contributed by atoms with Crippen LogP contribution in [-0.4, -0.2) is 11.4 Å². The van der Waals surface area contributed by atoms with Crippen LogP contribution in [0, 0.1) is 0 Å². The highest BCUT2D eigenvalue weighted by Gasteiger charge is 2.36. The molecular weight excluding hydrogens is 260 g/mol. The zero-order valence-corrected chi connectivity index (χ0v) is 11.3. The third-order valence-electron chi connectivity index (χ3n) is 4.18. The first-order chi connectivity index (χ1) is 10.4. The average Bonchev–Trinajstić information content (AvgIpc) is 2.92. The number of ether oxygens (including phenoxy) is 1.